The fraction of sp³-hybridized carbons (Fsp3) is 0.909. The molecule has 1 atom stereocenters. The summed E-state index contributed by atoms with van der Waals surface area (Å²) in [5.41, 5.74) is 5.27. The molecule has 0 rings (SSSR count). The number of ether oxygens (including phenoxy) is 1. The number of aliphatic hydroxyl groups excluding tert-OH is 1. The zero-order valence-corrected chi connectivity index (χ0v) is 9.58. The van der Waals surface area contributed by atoms with Crippen molar-refractivity contribution in [2.45, 2.75) is 51.5 Å². The number of unbranched alkanes of at least 4 members (excludes halogenated alkanes) is 5. The SMILES string of the molecule is CCCCCCCCOC(=O)[C@H](N)CO. The summed E-state index contributed by atoms with van der Waals surface area (Å²) in [7, 11) is 0. The normalized spacial score (nSPS) is 12.5. The number of rotatable bonds is 9. The van der Waals surface area contributed by atoms with Gasteiger partial charge in [0.25, 0.3) is 0 Å². The highest BCUT2D eigenvalue weighted by molar-refractivity contribution is 5.75. The van der Waals surface area contributed by atoms with Gasteiger partial charge in [0, 0.05) is 0 Å². The van der Waals surface area contributed by atoms with Crippen molar-refractivity contribution >= 4 is 5.97 Å². The Morgan fingerprint density at radius 3 is 2.47 bits per heavy atom. The van der Waals surface area contributed by atoms with Gasteiger partial charge in [0.1, 0.15) is 6.04 Å². The van der Waals surface area contributed by atoms with Crippen molar-refractivity contribution in [2.24, 2.45) is 5.73 Å². The van der Waals surface area contributed by atoms with Crippen molar-refractivity contribution in [1.82, 2.24) is 0 Å². The number of hydrogen-bond acceptors (Lipinski definition) is 4. The summed E-state index contributed by atoms with van der Waals surface area (Å²) in [6, 6.07) is -0.884. The minimum Gasteiger partial charge on any atom is -0.464 e. The summed E-state index contributed by atoms with van der Waals surface area (Å²) >= 11 is 0. The summed E-state index contributed by atoms with van der Waals surface area (Å²) < 4.78 is 4.88. The molecule has 0 bridgehead atoms. The largest absolute Gasteiger partial charge is 0.464 e. The average molecular weight is 217 g/mol. The lowest BCUT2D eigenvalue weighted by molar-refractivity contribution is -0.146. The van der Waals surface area contributed by atoms with Crippen molar-refractivity contribution < 1.29 is 14.6 Å². The molecule has 0 fully saturated rings. The number of carbonyl (C=O) groups excluding carboxylic acids is 1. The third kappa shape index (κ3) is 8.39. The van der Waals surface area contributed by atoms with E-state index in [4.69, 9.17) is 15.6 Å². The lowest BCUT2D eigenvalue weighted by Gasteiger charge is -2.08. The fourth-order valence-corrected chi connectivity index (χ4v) is 1.24. The standard InChI is InChI=1S/C11H23NO3/c1-2-3-4-5-6-7-8-15-11(14)10(12)9-13/h10,13H,2-9,12H2,1H3/t10-/m1/s1. The predicted molar refractivity (Wildman–Crippen MR) is 59.4 cm³/mol. The van der Waals surface area contributed by atoms with E-state index in [0.29, 0.717) is 6.61 Å². The first-order valence-electron chi connectivity index (χ1n) is 5.75. The molecule has 0 unspecified atom stereocenters. The predicted octanol–water partition coefficient (Wildman–Crippen LogP) is 1.21. The topological polar surface area (TPSA) is 72.5 Å². The van der Waals surface area contributed by atoms with E-state index in [9.17, 15) is 4.79 Å². The van der Waals surface area contributed by atoms with Crippen LogP contribution in [0.3, 0.4) is 0 Å². The second-order valence-corrected chi connectivity index (χ2v) is 3.72. The lowest BCUT2D eigenvalue weighted by atomic mass is 10.1. The van der Waals surface area contributed by atoms with E-state index in [1.807, 2.05) is 0 Å². The molecule has 0 aromatic carbocycles. The van der Waals surface area contributed by atoms with Crippen LogP contribution in [0.15, 0.2) is 0 Å². The molecule has 3 N–H and O–H groups in total. The van der Waals surface area contributed by atoms with E-state index in [0.717, 1.165) is 12.8 Å². The Balaban J connectivity index is 3.20. The van der Waals surface area contributed by atoms with Gasteiger partial charge in [0.2, 0.25) is 0 Å². The second kappa shape index (κ2) is 9.93. The summed E-state index contributed by atoms with van der Waals surface area (Å²) in [5, 5.41) is 8.58. The van der Waals surface area contributed by atoms with Crippen LogP contribution < -0.4 is 5.73 Å². The highest BCUT2D eigenvalue weighted by Crippen LogP contribution is 2.04. The molecule has 0 heterocycles. The number of aliphatic hydroxyl groups is 1. The van der Waals surface area contributed by atoms with Gasteiger partial charge in [0.15, 0.2) is 0 Å². The number of nitrogens with two attached hydrogens (primary N) is 1. The molecule has 0 saturated carbocycles. The molecule has 4 heteroatoms. The van der Waals surface area contributed by atoms with E-state index in [2.05, 4.69) is 6.92 Å². The van der Waals surface area contributed by atoms with Crippen LogP contribution in [0.5, 0.6) is 0 Å². The Labute approximate surface area is 91.8 Å². The molecule has 0 saturated heterocycles. The molecule has 0 aliphatic heterocycles. The Hall–Kier alpha value is -0.610. The first-order valence-corrected chi connectivity index (χ1v) is 5.75. The molecule has 0 radical (unpaired) electrons. The minimum atomic E-state index is -0.884. The number of hydrogen-bond donors (Lipinski definition) is 2. The Morgan fingerprint density at radius 1 is 1.27 bits per heavy atom. The van der Waals surface area contributed by atoms with Crippen LogP contribution in [0.4, 0.5) is 0 Å². The van der Waals surface area contributed by atoms with Crippen molar-refractivity contribution in [3.63, 3.8) is 0 Å². The Morgan fingerprint density at radius 2 is 1.87 bits per heavy atom. The fourth-order valence-electron chi connectivity index (χ4n) is 1.24. The maximum Gasteiger partial charge on any atom is 0.325 e. The van der Waals surface area contributed by atoms with Gasteiger partial charge in [-0.3, -0.25) is 4.79 Å². The monoisotopic (exact) mass is 217 g/mol. The third-order valence-corrected chi connectivity index (χ3v) is 2.24. The van der Waals surface area contributed by atoms with Crippen LogP contribution in [0, 0.1) is 0 Å². The zero-order valence-electron chi connectivity index (χ0n) is 9.58. The zero-order chi connectivity index (χ0) is 11.5. The lowest BCUT2D eigenvalue weighted by Crippen LogP contribution is -2.35. The molecular formula is C11H23NO3. The van der Waals surface area contributed by atoms with Gasteiger partial charge in [-0.15, -0.1) is 0 Å². The number of carbonyl (C=O) groups is 1. The Kier molecular flexibility index (Phi) is 9.52. The van der Waals surface area contributed by atoms with Gasteiger partial charge < -0.3 is 15.6 Å². The maximum atomic E-state index is 11.0. The van der Waals surface area contributed by atoms with Crippen molar-refractivity contribution in [3.05, 3.63) is 0 Å². The molecule has 0 aromatic heterocycles. The van der Waals surface area contributed by atoms with Crippen molar-refractivity contribution in [2.75, 3.05) is 13.2 Å². The molecule has 0 aliphatic rings. The third-order valence-electron chi connectivity index (χ3n) is 2.24. The molecule has 4 nitrogen and oxygen atoms in total. The van der Waals surface area contributed by atoms with Crippen LogP contribution in [-0.4, -0.2) is 30.3 Å². The highest BCUT2D eigenvalue weighted by atomic mass is 16.5. The van der Waals surface area contributed by atoms with Crippen molar-refractivity contribution in [3.8, 4) is 0 Å². The summed E-state index contributed by atoms with van der Waals surface area (Å²) in [4.78, 5) is 11.0. The van der Waals surface area contributed by atoms with Gasteiger partial charge in [-0.2, -0.15) is 0 Å². The van der Waals surface area contributed by atoms with E-state index < -0.39 is 12.0 Å². The van der Waals surface area contributed by atoms with Gasteiger partial charge >= 0.3 is 5.97 Å². The van der Waals surface area contributed by atoms with E-state index in [-0.39, 0.29) is 6.61 Å². The molecule has 0 amide bonds. The van der Waals surface area contributed by atoms with Crippen LogP contribution in [0.1, 0.15) is 45.4 Å². The molecule has 0 aromatic rings. The van der Waals surface area contributed by atoms with Gasteiger partial charge in [-0.05, 0) is 6.42 Å². The molecule has 0 spiro atoms. The van der Waals surface area contributed by atoms with Gasteiger partial charge in [0.05, 0.1) is 13.2 Å². The summed E-state index contributed by atoms with van der Waals surface area (Å²) in [5.74, 6) is -0.508. The second-order valence-electron chi connectivity index (χ2n) is 3.72. The van der Waals surface area contributed by atoms with Crippen LogP contribution >= 0.6 is 0 Å². The average Bonchev–Trinajstić information content (AvgIpc) is 2.26. The van der Waals surface area contributed by atoms with Crippen LogP contribution in [0.2, 0.25) is 0 Å². The van der Waals surface area contributed by atoms with E-state index in [1.54, 1.807) is 0 Å². The molecule has 15 heavy (non-hydrogen) atoms. The number of esters is 1. The maximum absolute atomic E-state index is 11.0. The highest BCUT2D eigenvalue weighted by Gasteiger charge is 2.12. The molecular weight excluding hydrogens is 194 g/mol. The first-order chi connectivity index (χ1) is 7.22. The van der Waals surface area contributed by atoms with Crippen LogP contribution in [0.25, 0.3) is 0 Å². The van der Waals surface area contributed by atoms with Gasteiger partial charge in [-0.25, -0.2) is 0 Å². The summed E-state index contributed by atoms with van der Waals surface area (Å²) in [6.07, 6.45) is 6.92. The van der Waals surface area contributed by atoms with Gasteiger partial charge in [-0.1, -0.05) is 39.0 Å². The first kappa shape index (κ1) is 14.4. The Bertz CT molecular complexity index is 162. The molecule has 90 valence electrons. The summed E-state index contributed by atoms with van der Waals surface area (Å²) in [6.45, 7) is 2.24. The quantitative estimate of drug-likeness (QED) is 0.450. The van der Waals surface area contributed by atoms with Crippen molar-refractivity contribution in [1.29, 1.82) is 0 Å². The molecule has 0 aliphatic carbocycles. The van der Waals surface area contributed by atoms with E-state index in [1.165, 1.54) is 25.7 Å². The minimum absolute atomic E-state index is 0.352. The van der Waals surface area contributed by atoms with E-state index >= 15 is 0 Å². The smallest absolute Gasteiger partial charge is 0.325 e. The van der Waals surface area contributed by atoms with Crippen LogP contribution in [-0.2, 0) is 9.53 Å².